The Labute approximate surface area is 241 Å². The van der Waals surface area contributed by atoms with Gasteiger partial charge in [-0.1, -0.05) is 46.5 Å². The van der Waals surface area contributed by atoms with Gasteiger partial charge in [-0.3, -0.25) is 19.6 Å². The predicted molar refractivity (Wildman–Crippen MR) is 153 cm³/mol. The lowest BCUT2D eigenvalue weighted by atomic mass is 9.84. The largest absolute Gasteiger partial charge is 0.454 e. The van der Waals surface area contributed by atoms with Crippen molar-refractivity contribution in [2.75, 3.05) is 44.8 Å². The Balaban J connectivity index is 1.34. The highest BCUT2D eigenvalue weighted by atomic mass is 32.1. The number of hydroxylamine groups is 2. The number of carbonyl (C=O) groups is 3. The van der Waals surface area contributed by atoms with E-state index in [4.69, 9.17) is 21.7 Å². The van der Waals surface area contributed by atoms with Crippen molar-refractivity contribution in [3.05, 3.63) is 18.2 Å². The maximum atomic E-state index is 13.7. The van der Waals surface area contributed by atoms with Gasteiger partial charge in [-0.25, -0.2) is 5.06 Å². The fourth-order valence-electron chi connectivity index (χ4n) is 5.58. The number of carbonyl (C=O) groups excluding carboxylic acids is 3. The highest BCUT2D eigenvalue weighted by Gasteiger charge is 2.39. The predicted octanol–water partition coefficient (Wildman–Crippen LogP) is 2.83. The number of nitrogens with one attached hydrogen (secondary N) is 2. The fourth-order valence-corrected chi connectivity index (χ4v) is 5.88. The van der Waals surface area contributed by atoms with Crippen LogP contribution in [0.4, 0.5) is 5.69 Å². The molecule has 3 N–H and O–H groups in total. The van der Waals surface area contributed by atoms with Crippen LogP contribution in [0.5, 0.6) is 11.5 Å². The molecule has 0 aromatic heterocycles. The Bertz CT molecular complexity index is 1080. The van der Waals surface area contributed by atoms with Crippen molar-refractivity contribution < 1.29 is 29.1 Å². The van der Waals surface area contributed by atoms with Crippen LogP contribution in [0.3, 0.4) is 0 Å². The molecule has 3 aliphatic rings. The Morgan fingerprint density at radius 1 is 1.12 bits per heavy atom. The number of hydrogen-bond donors (Lipinski definition) is 3. The van der Waals surface area contributed by atoms with E-state index in [9.17, 15) is 19.6 Å². The smallest absolute Gasteiger partial charge is 0.245 e. The molecule has 2 aliphatic heterocycles. The third-order valence-electron chi connectivity index (χ3n) is 7.89. The summed E-state index contributed by atoms with van der Waals surface area (Å²) in [6.45, 7) is 7.91. The summed E-state index contributed by atoms with van der Waals surface area (Å²) < 4.78 is 10.8. The van der Waals surface area contributed by atoms with Gasteiger partial charge < -0.3 is 29.9 Å². The maximum absolute atomic E-state index is 13.7. The molecule has 1 saturated heterocycles. The van der Waals surface area contributed by atoms with Gasteiger partial charge in [0, 0.05) is 37.9 Å². The molecular weight excluding hydrogens is 534 g/mol. The molecule has 3 amide bonds. The molecule has 1 aliphatic carbocycles. The molecular formula is C28H41N5O6S. The fraction of sp³-hybridized carbons (Fsp3) is 0.643. The number of ether oxygens (including phenoxy) is 2. The van der Waals surface area contributed by atoms with Crippen molar-refractivity contribution >= 4 is 41.2 Å². The molecule has 220 valence electrons. The van der Waals surface area contributed by atoms with Crippen LogP contribution in [-0.4, -0.2) is 89.0 Å². The molecule has 2 fully saturated rings. The van der Waals surface area contributed by atoms with E-state index in [2.05, 4.69) is 10.6 Å². The summed E-state index contributed by atoms with van der Waals surface area (Å²) in [7, 11) is 0. The second-order valence-electron chi connectivity index (χ2n) is 11.9. The van der Waals surface area contributed by atoms with Gasteiger partial charge in [0.1, 0.15) is 6.04 Å². The van der Waals surface area contributed by atoms with Gasteiger partial charge in [0.05, 0.1) is 12.5 Å². The molecule has 2 heterocycles. The molecule has 12 heteroatoms. The number of thiocarbonyl (C=S) groups is 1. The van der Waals surface area contributed by atoms with Crippen LogP contribution < -0.4 is 20.1 Å². The zero-order valence-electron chi connectivity index (χ0n) is 23.6. The van der Waals surface area contributed by atoms with Gasteiger partial charge in [-0.05, 0) is 42.1 Å². The Kier molecular flexibility index (Phi) is 9.72. The topological polar surface area (TPSA) is 124 Å². The average Bonchev–Trinajstić information content (AvgIpc) is 3.62. The highest BCUT2D eigenvalue weighted by Crippen LogP contribution is 2.34. The first-order valence-electron chi connectivity index (χ1n) is 14.0. The number of amides is 3. The van der Waals surface area contributed by atoms with E-state index in [1.165, 1.54) is 0 Å². The molecule has 1 aromatic rings. The van der Waals surface area contributed by atoms with Crippen molar-refractivity contribution in [3.63, 3.8) is 0 Å². The first-order chi connectivity index (χ1) is 19.0. The standard InChI is InChI=1S/C28H41N5O6S/c1-28(2,3)24(30-25(35)20(16-33(37)17-34)14-19-6-4-5-7-19)26(36)31-10-12-32(13-11-31)27(40)29-21-8-9-22-23(15-21)39-18-38-22/h8-9,15,17,19-20,24,37H,4-7,10-14,16,18H2,1-3H3,(H,29,40)(H,30,35)/t20-,24-/m1/s1. The monoisotopic (exact) mass is 575 g/mol. The third kappa shape index (κ3) is 7.54. The molecule has 11 nitrogen and oxygen atoms in total. The van der Waals surface area contributed by atoms with E-state index in [1.807, 2.05) is 43.9 Å². The lowest BCUT2D eigenvalue weighted by Crippen LogP contribution is -2.60. The van der Waals surface area contributed by atoms with Gasteiger partial charge in [-0.2, -0.15) is 0 Å². The lowest BCUT2D eigenvalue weighted by Gasteiger charge is -2.40. The minimum Gasteiger partial charge on any atom is -0.454 e. The van der Waals surface area contributed by atoms with Crippen LogP contribution in [0.1, 0.15) is 52.9 Å². The van der Waals surface area contributed by atoms with Gasteiger partial charge in [0.15, 0.2) is 16.6 Å². The minimum absolute atomic E-state index is 0.0939. The summed E-state index contributed by atoms with van der Waals surface area (Å²) in [6, 6.07) is 4.80. The van der Waals surface area contributed by atoms with E-state index in [-0.39, 0.29) is 25.2 Å². The summed E-state index contributed by atoms with van der Waals surface area (Å²) in [6.07, 6.45) is 5.21. The molecule has 1 saturated carbocycles. The van der Waals surface area contributed by atoms with Crippen LogP contribution in [0.25, 0.3) is 0 Å². The second-order valence-corrected chi connectivity index (χ2v) is 12.3. The summed E-state index contributed by atoms with van der Waals surface area (Å²) >= 11 is 5.62. The van der Waals surface area contributed by atoms with E-state index in [1.54, 1.807) is 4.90 Å². The zero-order chi connectivity index (χ0) is 28.9. The molecule has 2 atom stereocenters. The third-order valence-corrected chi connectivity index (χ3v) is 8.25. The van der Waals surface area contributed by atoms with Crippen molar-refractivity contribution in [1.29, 1.82) is 0 Å². The second kappa shape index (κ2) is 13.0. The molecule has 0 bridgehead atoms. The van der Waals surface area contributed by atoms with Crippen LogP contribution in [0.2, 0.25) is 0 Å². The Morgan fingerprint density at radius 2 is 1.77 bits per heavy atom. The molecule has 0 radical (unpaired) electrons. The first-order valence-corrected chi connectivity index (χ1v) is 14.4. The van der Waals surface area contributed by atoms with E-state index in [0.29, 0.717) is 66.6 Å². The molecule has 1 aromatic carbocycles. The minimum atomic E-state index is -0.750. The number of piperazine rings is 1. The van der Waals surface area contributed by atoms with Crippen molar-refractivity contribution in [2.45, 2.75) is 58.9 Å². The summed E-state index contributed by atoms with van der Waals surface area (Å²) in [4.78, 5) is 42.0. The van der Waals surface area contributed by atoms with E-state index < -0.39 is 17.4 Å². The summed E-state index contributed by atoms with van der Waals surface area (Å²) in [5.41, 5.74) is 0.258. The van der Waals surface area contributed by atoms with Crippen LogP contribution in [0.15, 0.2) is 18.2 Å². The van der Waals surface area contributed by atoms with Crippen molar-refractivity contribution in [3.8, 4) is 11.5 Å². The molecule has 4 rings (SSSR count). The maximum Gasteiger partial charge on any atom is 0.245 e. The lowest BCUT2D eigenvalue weighted by molar-refractivity contribution is -0.156. The van der Waals surface area contributed by atoms with Crippen LogP contribution >= 0.6 is 12.2 Å². The van der Waals surface area contributed by atoms with Crippen molar-refractivity contribution in [1.82, 2.24) is 20.2 Å². The molecule has 0 spiro atoms. The Morgan fingerprint density at radius 3 is 2.42 bits per heavy atom. The number of hydrogen-bond acceptors (Lipinski definition) is 7. The SMILES string of the molecule is CC(C)(C)[C@H](NC(=O)[C@H](CC1CCCC1)CN(O)C=O)C(=O)N1CCN(C(=S)Nc2ccc3c(c2)OCO3)CC1. The summed E-state index contributed by atoms with van der Waals surface area (Å²) in [5.74, 6) is 0.697. The van der Waals surface area contributed by atoms with E-state index in [0.717, 1.165) is 31.4 Å². The number of rotatable bonds is 9. The average molecular weight is 576 g/mol. The Hall–Kier alpha value is -3.12. The first kappa shape index (κ1) is 29.9. The molecule has 40 heavy (non-hydrogen) atoms. The summed E-state index contributed by atoms with van der Waals surface area (Å²) in [5, 5.41) is 17.1. The highest BCUT2D eigenvalue weighted by molar-refractivity contribution is 7.80. The van der Waals surface area contributed by atoms with Gasteiger partial charge in [0.2, 0.25) is 25.0 Å². The number of fused-ring (bicyclic) bond motifs is 1. The van der Waals surface area contributed by atoms with E-state index >= 15 is 0 Å². The number of anilines is 1. The van der Waals surface area contributed by atoms with Crippen LogP contribution in [0, 0.1) is 17.3 Å². The quantitative estimate of drug-likeness (QED) is 0.177. The van der Waals surface area contributed by atoms with Crippen molar-refractivity contribution in [2.24, 2.45) is 17.3 Å². The molecule has 0 unspecified atom stereocenters. The van der Waals surface area contributed by atoms with Gasteiger partial charge >= 0.3 is 0 Å². The van der Waals surface area contributed by atoms with Crippen LogP contribution in [-0.2, 0) is 14.4 Å². The van der Waals surface area contributed by atoms with Gasteiger partial charge in [-0.15, -0.1) is 0 Å². The van der Waals surface area contributed by atoms with Gasteiger partial charge in [0.25, 0.3) is 0 Å². The zero-order valence-corrected chi connectivity index (χ0v) is 24.4. The number of nitrogens with zero attached hydrogens (tertiary/aromatic N) is 3. The normalized spacial score (nSPS) is 18.7. The number of benzene rings is 1.